The predicted molar refractivity (Wildman–Crippen MR) is 150 cm³/mol. The summed E-state index contributed by atoms with van der Waals surface area (Å²) in [6.07, 6.45) is 1.60. The molecule has 1 atom stereocenters. The van der Waals surface area contributed by atoms with E-state index in [0.29, 0.717) is 22.0 Å². The van der Waals surface area contributed by atoms with Gasteiger partial charge in [0.15, 0.2) is 5.65 Å². The van der Waals surface area contributed by atoms with Gasteiger partial charge in [-0.1, -0.05) is 41.9 Å². The van der Waals surface area contributed by atoms with Gasteiger partial charge < -0.3 is 9.80 Å². The Morgan fingerprint density at radius 1 is 0.750 bits per heavy atom. The lowest BCUT2D eigenvalue weighted by Gasteiger charge is -2.37. The maximum atomic E-state index is 13.8. The zero-order chi connectivity index (χ0) is 24.6. The topological polar surface area (TPSA) is 59.2 Å². The van der Waals surface area contributed by atoms with Crippen molar-refractivity contribution in [2.45, 2.75) is 0 Å². The van der Waals surface area contributed by atoms with Crippen LogP contribution in [0.15, 0.2) is 89.9 Å². The molecule has 6 rings (SSSR count). The van der Waals surface area contributed by atoms with E-state index < -0.39 is 0 Å². The summed E-state index contributed by atoms with van der Waals surface area (Å²) in [4.78, 5) is 23.4. The summed E-state index contributed by atoms with van der Waals surface area (Å²) in [7, 11) is 2.72. The molecule has 1 aliphatic heterocycles. The Kier molecular flexibility index (Phi) is 5.96. The number of nitrogens with zero attached hydrogens (tertiary/aromatic N) is 6. The highest BCUT2D eigenvalue weighted by molar-refractivity contribution is 7.27. The van der Waals surface area contributed by atoms with Crippen molar-refractivity contribution in [3.63, 3.8) is 0 Å². The van der Waals surface area contributed by atoms with Gasteiger partial charge in [-0.15, -0.1) is 9.24 Å². The number of halogens is 1. The molecule has 0 amide bonds. The maximum Gasteiger partial charge on any atom is 0.270 e. The summed E-state index contributed by atoms with van der Waals surface area (Å²) < 4.78 is 3.40. The summed E-state index contributed by atoms with van der Waals surface area (Å²) >= 11 is 6.14. The van der Waals surface area contributed by atoms with Gasteiger partial charge in [0, 0.05) is 36.9 Å². The molecule has 1 saturated heterocycles. The molecule has 1 aliphatic rings. The monoisotopic (exact) mass is 514 g/mol. The third kappa shape index (κ3) is 4.15. The van der Waals surface area contributed by atoms with E-state index in [1.165, 1.54) is 5.69 Å². The molecular formula is C27H24ClN6OP. The van der Waals surface area contributed by atoms with E-state index in [1.807, 2.05) is 42.5 Å². The molecule has 1 unspecified atom stereocenters. The molecule has 9 heteroatoms. The van der Waals surface area contributed by atoms with Crippen LogP contribution in [0.2, 0.25) is 5.02 Å². The van der Waals surface area contributed by atoms with E-state index in [1.54, 1.807) is 27.6 Å². The number of hydrogen-bond acceptors (Lipinski definition) is 5. The fourth-order valence-electron chi connectivity index (χ4n) is 4.60. The van der Waals surface area contributed by atoms with Crippen molar-refractivity contribution in [1.29, 1.82) is 0 Å². The van der Waals surface area contributed by atoms with E-state index in [-0.39, 0.29) is 5.56 Å². The molecule has 0 bridgehead atoms. The Balaban J connectivity index is 1.44. The average Bonchev–Trinajstić information content (AvgIpc) is 3.35. The summed E-state index contributed by atoms with van der Waals surface area (Å²) in [5, 5.41) is 6.76. The smallest absolute Gasteiger partial charge is 0.270 e. The minimum atomic E-state index is -0.155. The zero-order valence-electron chi connectivity index (χ0n) is 19.5. The van der Waals surface area contributed by atoms with Gasteiger partial charge in [-0.25, -0.2) is 9.25 Å². The first-order chi connectivity index (χ1) is 17.6. The number of aromatic nitrogens is 4. The second-order valence-corrected chi connectivity index (χ2v) is 9.83. The molecule has 3 heterocycles. The normalized spacial score (nSPS) is 13.9. The van der Waals surface area contributed by atoms with Gasteiger partial charge in [0.2, 0.25) is 5.95 Å². The average molecular weight is 515 g/mol. The number of benzene rings is 3. The van der Waals surface area contributed by atoms with Crippen molar-refractivity contribution in [2.24, 2.45) is 0 Å². The van der Waals surface area contributed by atoms with Gasteiger partial charge in [-0.2, -0.15) is 10.1 Å². The Morgan fingerprint density at radius 3 is 2.08 bits per heavy atom. The van der Waals surface area contributed by atoms with Gasteiger partial charge in [0.25, 0.3) is 5.56 Å². The summed E-state index contributed by atoms with van der Waals surface area (Å²) in [5.41, 5.74) is 3.17. The van der Waals surface area contributed by atoms with Crippen LogP contribution in [0.3, 0.4) is 0 Å². The molecule has 7 nitrogen and oxygen atoms in total. The lowest BCUT2D eigenvalue weighted by molar-refractivity contribution is 0.631. The molecule has 0 spiro atoms. The Bertz CT molecular complexity index is 1570. The lowest BCUT2D eigenvalue weighted by atomic mass is 10.2. The molecule has 0 saturated carbocycles. The Hall–Kier alpha value is -3.67. The van der Waals surface area contributed by atoms with Crippen molar-refractivity contribution >= 4 is 48.8 Å². The highest BCUT2D eigenvalue weighted by Crippen LogP contribution is 2.24. The fourth-order valence-corrected chi connectivity index (χ4v) is 4.92. The lowest BCUT2D eigenvalue weighted by Crippen LogP contribution is -2.48. The number of rotatable bonds is 4. The first kappa shape index (κ1) is 22.8. The summed E-state index contributed by atoms with van der Waals surface area (Å²) in [6.45, 7) is 3.10. The van der Waals surface area contributed by atoms with Crippen molar-refractivity contribution in [3.05, 3.63) is 100 Å². The van der Waals surface area contributed by atoms with E-state index in [2.05, 4.69) is 48.4 Å². The van der Waals surface area contributed by atoms with Crippen molar-refractivity contribution in [2.75, 3.05) is 36.0 Å². The minimum Gasteiger partial charge on any atom is -0.368 e. The SMILES string of the molecule is O=c1c2cnn(-c3ccccc3)c2nc(N2CCN(c3ccc(P)cc3)CC2)n1-c1ccc(Cl)cc1. The molecular weight excluding hydrogens is 491 g/mol. The summed E-state index contributed by atoms with van der Waals surface area (Å²) in [5.74, 6) is 0.604. The Labute approximate surface area is 215 Å². The first-order valence-corrected chi connectivity index (χ1v) is 12.7. The number of anilines is 2. The molecule has 0 radical (unpaired) electrons. The standard InChI is InChI=1S/C27H24ClN6OP/c28-19-6-8-21(9-7-19)33-26(35)24-18-29-34(22-4-2-1-3-5-22)25(24)30-27(33)32-16-14-31(15-17-32)20-10-12-23(36)13-11-20/h1-13,18H,14-17,36H2. The van der Waals surface area contributed by atoms with Crippen LogP contribution in [-0.2, 0) is 0 Å². The fraction of sp³-hybridized carbons (Fsp3) is 0.148. The largest absolute Gasteiger partial charge is 0.368 e. The molecule has 36 heavy (non-hydrogen) atoms. The highest BCUT2D eigenvalue weighted by atomic mass is 35.5. The quantitative estimate of drug-likeness (QED) is 0.339. The van der Waals surface area contributed by atoms with Crippen LogP contribution in [-0.4, -0.2) is 45.5 Å². The number of hydrogen-bond donors (Lipinski definition) is 0. The van der Waals surface area contributed by atoms with Crippen LogP contribution in [0.5, 0.6) is 0 Å². The second-order valence-electron chi connectivity index (χ2n) is 8.72. The van der Waals surface area contributed by atoms with Crippen molar-refractivity contribution in [1.82, 2.24) is 19.3 Å². The molecule has 1 fully saturated rings. The molecule has 2 aromatic heterocycles. The summed E-state index contributed by atoms with van der Waals surface area (Å²) in [6, 6.07) is 25.5. The number of piperazine rings is 1. The number of para-hydroxylation sites is 1. The maximum absolute atomic E-state index is 13.8. The van der Waals surface area contributed by atoms with E-state index in [4.69, 9.17) is 16.6 Å². The first-order valence-electron chi connectivity index (χ1n) is 11.8. The highest BCUT2D eigenvalue weighted by Gasteiger charge is 2.25. The zero-order valence-corrected chi connectivity index (χ0v) is 21.4. The predicted octanol–water partition coefficient (Wildman–Crippen LogP) is 4.05. The Morgan fingerprint density at radius 2 is 1.39 bits per heavy atom. The minimum absolute atomic E-state index is 0.155. The van der Waals surface area contributed by atoms with Crippen molar-refractivity contribution < 1.29 is 0 Å². The van der Waals surface area contributed by atoms with E-state index in [9.17, 15) is 4.79 Å². The molecule has 3 aromatic carbocycles. The van der Waals surface area contributed by atoms with Crippen LogP contribution >= 0.6 is 20.8 Å². The van der Waals surface area contributed by atoms with Gasteiger partial charge in [0.1, 0.15) is 5.39 Å². The van der Waals surface area contributed by atoms with E-state index >= 15 is 0 Å². The van der Waals surface area contributed by atoms with Crippen LogP contribution in [0.1, 0.15) is 0 Å². The van der Waals surface area contributed by atoms with Crippen LogP contribution < -0.4 is 20.7 Å². The third-order valence-corrected chi connectivity index (χ3v) is 7.13. The van der Waals surface area contributed by atoms with Crippen LogP contribution in [0.25, 0.3) is 22.4 Å². The van der Waals surface area contributed by atoms with Crippen LogP contribution in [0.4, 0.5) is 11.6 Å². The van der Waals surface area contributed by atoms with Crippen LogP contribution in [0, 0.1) is 0 Å². The third-order valence-electron chi connectivity index (χ3n) is 6.49. The van der Waals surface area contributed by atoms with Gasteiger partial charge in [-0.3, -0.25) is 4.79 Å². The van der Waals surface area contributed by atoms with Gasteiger partial charge in [-0.05, 0) is 53.8 Å². The molecule has 180 valence electrons. The molecule has 0 N–H and O–H groups in total. The van der Waals surface area contributed by atoms with E-state index in [0.717, 1.165) is 42.9 Å². The second kappa shape index (κ2) is 9.41. The molecule has 5 aromatic rings. The van der Waals surface area contributed by atoms with Crippen molar-refractivity contribution in [3.8, 4) is 11.4 Å². The molecule has 0 aliphatic carbocycles. The van der Waals surface area contributed by atoms with Gasteiger partial charge >= 0.3 is 0 Å². The van der Waals surface area contributed by atoms with Gasteiger partial charge in [0.05, 0.1) is 17.6 Å². The number of fused-ring (bicyclic) bond motifs is 1.